The van der Waals surface area contributed by atoms with Gasteiger partial charge in [0.2, 0.25) is 11.8 Å². The summed E-state index contributed by atoms with van der Waals surface area (Å²) in [4.78, 5) is 0. The van der Waals surface area contributed by atoms with Crippen LogP contribution < -0.4 is 4.74 Å². The third kappa shape index (κ3) is 10.6. The molecule has 1 aliphatic rings. The smallest absolute Gasteiger partial charge is 0.248 e. The van der Waals surface area contributed by atoms with Crippen molar-refractivity contribution in [3.63, 3.8) is 0 Å². The van der Waals surface area contributed by atoms with E-state index in [0.29, 0.717) is 11.8 Å². The van der Waals surface area contributed by atoms with Crippen molar-refractivity contribution < 1.29 is 9.15 Å². The summed E-state index contributed by atoms with van der Waals surface area (Å²) < 4.78 is 14.7. The molecule has 1 heterocycles. The van der Waals surface area contributed by atoms with Gasteiger partial charge in [-0.05, 0) is 90.0 Å². The van der Waals surface area contributed by atoms with E-state index in [4.69, 9.17) is 9.15 Å². The van der Waals surface area contributed by atoms with Crippen LogP contribution in [0, 0.1) is 0 Å². The van der Waals surface area contributed by atoms with Gasteiger partial charge in [-0.25, -0.2) is 0 Å². The normalized spacial score (nSPS) is 13.0. The molecule has 0 spiro atoms. The highest BCUT2D eigenvalue weighted by atomic mass is 79.9. The second-order valence-corrected chi connectivity index (χ2v) is 16.6. The van der Waals surface area contributed by atoms with E-state index in [1.54, 1.807) is 0 Å². The Morgan fingerprint density at radius 2 is 1.10 bits per heavy atom. The minimum atomic E-state index is -0.0450. The summed E-state index contributed by atoms with van der Waals surface area (Å²) >= 11 is 7.80. The molecule has 6 heteroatoms. The molecule has 0 aliphatic heterocycles. The van der Waals surface area contributed by atoms with E-state index in [1.807, 2.05) is 24.3 Å². The van der Waals surface area contributed by atoms with Gasteiger partial charge >= 0.3 is 0 Å². The fourth-order valence-electron chi connectivity index (χ4n) is 8.01. The number of ether oxygens (including phenoxy) is 1. The number of halogens is 2. The molecule has 0 N–H and O–H groups in total. The molecule has 3 aromatic carbocycles. The van der Waals surface area contributed by atoms with Gasteiger partial charge in [-0.2, -0.15) is 0 Å². The summed E-state index contributed by atoms with van der Waals surface area (Å²) in [6, 6.07) is 19.5. The van der Waals surface area contributed by atoms with Crippen LogP contribution in [0.1, 0.15) is 160 Å². The average Bonchev–Trinajstić information content (AvgIpc) is 3.73. The monoisotopic (exact) mass is 818 g/mol. The average molecular weight is 821 g/mol. The van der Waals surface area contributed by atoms with Crippen molar-refractivity contribution in [3.05, 3.63) is 74.7 Å². The zero-order valence-corrected chi connectivity index (χ0v) is 34.7. The second-order valence-electron chi connectivity index (χ2n) is 14.7. The van der Waals surface area contributed by atoms with Crippen LogP contribution in [0.5, 0.6) is 5.75 Å². The maximum Gasteiger partial charge on any atom is 0.248 e. The fraction of sp³-hybridized carbons (Fsp3) is 0.556. The van der Waals surface area contributed by atoms with Gasteiger partial charge in [-0.3, -0.25) is 0 Å². The number of nitrogens with zero attached hydrogens (tertiary/aromatic N) is 2. The Labute approximate surface area is 325 Å². The van der Waals surface area contributed by atoms with Crippen molar-refractivity contribution in [2.75, 3.05) is 6.61 Å². The Morgan fingerprint density at radius 1 is 0.549 bits per heavy atom. The predicted octanol–water partition coefficient (Wildman–Crippen LogP) is 15.4. The van der Waals surface area contributed by atoms with E-state index in [-0.39, 0.29) is 5.41 Å². The molecule has 0 unspecified atom stereocenters. The highest BCUT2D eigenvalue weighted by Crippen LogP contribution is 2.58. The van der Waals surface area contributed by atoms with Gasteiger partial charge in [0.05, 0.1) is 6.61 Å². The number of benzene rings is 3. The van der Waals surface area contributed by atoms with Gasteiger partial charge in [-0.15, -0.1) is 10.2 Å². The van der Waals surface area contributed by atoms with E-state index in [9.17, 15) is 0 Å². The van der Waals surface area contributed by atoms with Crippen LogP contribution in [0.3, 0.4) is 0 Å². The van der Waals surface area contributed by atoms with Gasteiger partial charge in [-0.1, -0.05) is 168 Å². The molecule has 1 aromatic heterocycles. The van der Waals surface area contributed by atoms with Crippen molar-refractivity contribution in [1.82, 2.24) is 10.2 Å². The lowest BCUT2D eigenvalue weighted by Gasteiger charge is -2.33. The lowest BCUT2D eigenvalue weighted by atomic mass is 9.70. The molecule has 51 heavy (non-hydrogen) atoms. The van der Waals surface area contributed by atoms with Crippen LogP contribution in [0.15, 0.2) is 68.0 Å². The number of aromatic nitrogens is 2. The molecular weight excluding hydrogens is 760 g/mol. The molecule has 5 rings (SSSR count). The van der Waals surface area contributed by atoms with E-state index in [1.165, 1.54) is 131 Å². The van der Waals surface area contributed by atoms with Gasteiger partial charge in [0, 0.05) is 25.5 Å². The molecule has 0 fully saturated rings. The zero-order valence-electron chi connectivity index (χ0n) is 31.5. The first-order valence-electron chi connectivity index (χ1n) is 20.2. The van der Waals surface area contributed by atoms with Crippen LogP contribution in [-0.4, -0.2) is 16.8 Å². The Morgan fingerprint density at radius 3 is 1.73 bits per heavy atom. The molecule has 4 nitrogen and oxygen atoms in total. The third-order valence-corrected chi connectivity index (χ3v) is 11.8. The van der Waals surface area contributed by atoms with Crippen molar-refractivity contribution in [2.45, 2.75) is 155 Å². The van der Waals surface area contributed by atoms with Crippen LogP contribution >= 0.6 is 31.9 Å². The number of rotatable bonds is 24. The molecular formula is C45H60Br2N2O2. The van der Waals surface area contributed by atoms with Gasteiger partial charge in [0.15, 0.2) is 0 Å². The topological polar surface area (TPSA) is 48.2 Å². The summed E-state index contributed by atoms with van der Waals surface area (Å²) in [6.07, 6.45) is 25.4. The van der Waals surface area contributed by atoms with E-state index in [0.717, 1.165) is 51.7 Å². The number of hydrogen-bond acceptors (Lipinski definition) is 4. The number of fused-ring (bicyclic) bond motifs is 3. The molecule has 276 valence electrons. The third-order valence-electron chi connectivity index (χ3n) is 10.8. The highest BCUT2D eigenvalue weighted by molar-refractivity contribution is 9.10. The van der Waals surface area contributed by atoms with E-state index in [2.05, 4.69) is 93.2 Å². The van der Waals surface area contributed by atoms with Crippen molar-refractivity contribution in [2.24, 2.45) is 0 Å². The first kappa shape index (κ1) is 39.8. The zero-order chi connectivity index (χ0) is 35.9. The Kier molecular flexibility index (Phi) is 16.1. The van der Waals surface area contributed by atoms with E-state index < -0.39 is 0 Å². The maximum absolute atomic E-state index is 6.51. The maximum atomic E-state index is 6.51. The first-order valence-corrected chi connectivity index (χ1v) is 21.8. The number of hydrogen-bond donors (Lipinski definition) is 0. The van der Waals surface area contributed by atoms with Crippen LogP contribution in [0.25, 0.3) is 34.0 Å². The molecule has 0 saturated carbocycles. The predicted molar refractivity (Wildman–Crippen MR) is 222 cm³/mol. The molecule has 0 amide bonds. The van der Waals surface area contributed by atoms with Crippen LogP contribution in [0.2, 0.25) is 0 Å². The quantitative estimate of drug-likeness (QED) is 0.0661. The van der Waals surface area contributed by atoms with E-state index >= 15 is 0 Å². The van der Waals surface area contributed by atoms with Crippen LogP contribution in [-0.2, 0) is 5.41 Å². The molecule has 0 atom stereocenters. The molecule has 1 aliphatic carbocycles. The summed E-state index contributed by atoms with van der Waals surface area (Å²) in [5, 5.41) is 9.22. The van der Waals surface area contributed by atoms with Gasteiger partial charge in [0.1, 0.15) is 5.75 Å². The lowest BCUT2D eigenvalue weighted by Crippen LogP contribution is -2.25. The van der Waals surface area contributed by atoms with Gasteiger partial charge < -0.3 is 9.15 Å². The Hall–Kier alpha value is -2.44. The summed E-state index contributed by atoms with van der Waals surface area (Å²) in [5.41, 5.74) is 7.28. The SMILES string of the molecule is CCCCCCCCOc1ccc(-c2nnc(-c3cc(Br)cc4c3-c3ccc(Br)cc3C4(CCCCCCCC)CCCCCCCC)o2)cc1. The Bertz CT molecular complexity index is 1610. The van der Waals surface area contributed by atoms with Crippen molar-refractivity contribution >= 4 is 31.9 Å². The highest BCUT2D eigenvalue weighted by Gasteiger charge is 2.44. The second kappa shape index (κ2) is 20.7. The number of unbranched alkanes of at least 4 members (excludes halogenated alkanes) is 15. The van der Waals surface area contributed by atoms with Crippen molar-refractivity contribution in [1.29, 1.82) is 0 Å². The molecule has 0 saturated heterocycles. The Balaban J connectivity index is 1.41. The summed E-state index contributed by atoms with van der Waals surface area (Å²) in [5.74, 6) is 1.97. The largest absolute Gasteiger partial charge is 0.494 e. The minimum Gasteiger partial charge on any atom is -0.494 e. The first-order chi connectivity index (χ1) is 25.0. The molecule has 4 aromatic rings. The summed E-state index contributed by atoms with van der Waals surface area (Å²) in [7, 11) is 0. The van der Waals surface area contributed by atoms with Crippen molar-refractivity contribution in [3.8, 4) is 39.8 Å². The fourth-order valence-corrected chi connectivity index (χ4v) is 8.83. The molecule has 0 radical (unpaired) electrons. The van der Waals surface area contributed by atoms with Gasteiger partial charge in [0.25, 0.3) is 0 Å². The lowest BCUT2D eigenvalue weighted by molar-refractivity contribution is 0.304. The minimum absolute atomic E-state index is 0.0450. The van der Waals surface area contributed by atoms with Crippen LogP contribution in [0.4, 0.5) is 0 Å². The standard InChI is InChI=1S/C45H60Br2N2O2/c1-4-7-10-13-16-19-28-45(29-20-17-14-11-8-5-2)40-32-35(46)24-27-38(40)42-39(31-36(47)33-41(42)45)44-49-48-43(51-44)34-22-25-37(26-23-34)50-30-21-18-15-12-9-6-3/h22-27,31-33H,4-21,28-30H2,1-3H3. The summed E-state index contributed by atoms with van der Waals surface area (Å²) in [6.45, 7) is 7.60. The molecule has 0 bridgehead atoms.